The van der Waals surface area contributed by atoms with Crippen LogP contribution in [0.15, 0.2) is 48.0 Å². The summed E-state index contributed by atoms with van der Waals surface area (Å²) in [7, 11) is 2.72. The van der Waals surface area contributed by atoms with Crippen LogP contribution in [-0.2, 0) is 16.1 Å². The highest BCUT2D eigenvalue weighted by Gasteiger charge is 2.38. The van der Waals surface area contributed by atoms with Crippen LogP contribution in [0.1, 0.15) is 16.8 Å². The lowest BCUT2D eigenvalue weighted by molar-refractivity contribution is -0.134. The van der Waals surface area contributed by atoms with Gasteiger partial charge in [0.1, 0.15) is 5.57 Å². The van der Waals surface area contributed by atoms with E-state index in [2.05, 4.69) is 4.57 Å². The second kappa shape index (κ2) is 7.87. The summed E-state index contributed by atoms with van der Waals surface area (Å²) in [4.78, 5) is 39.3. The Morgan fingerprint density at radius 3 is 2.23 bits per heavy atom. The molecule has 2 heterocycles. The first-order valence-electron chi connectivity index (χ1n) is 9.54. The van der Waals surface area contributed by atoms with Crippen LogP contribution in [0, 0.1) is 6.92 Å². The minimum Gasteiger partial charge on any atom is -0.340 e. The van der Waals surface area contributed by atoms with E-state index in [9.17, 15) is 14.4 Å². The van der Waals surface area contributed by atoms with Gasteiger partial charge in [-0.2, -0.15) is 0 Å². The maximum absolute atomic E-state index is 12.7. The van der Waals surface area contributed by atoms with Gasteiger partial charge in [0.15, 0.2) is 0 Å². The van der Waals surface area contributed by atoms with Crippen LogP contribution in [-0.4, -0.2) is 46.3 Å². The summed E-state index contributed by atoms with van der Waals surface area (Å²) in [6, 6.07) is 12.4. The molecule has 1 aliphatic heterocycles. The zero-order valence-corrected chi connectivity index (χ0v) is 18.7. The molecule has 0 spiro atoms. The Labute approximate surface area is 189 Å². The molecule has 158 valence electrons. The number of halogens is 2. The summed E-state index contributed by atoms with van der Waals surface area (Å²) in [5, 5.41) is 2.01. The molecule has 31 heavy (non-hydrogen) atoms. The number of likely N-dealkylation sites (N-methyl/N-ethyl adjacent to an activating group) is 2. The standard InChI is InChI=1S/C23H19Cl2N3O3/c1-13-17(11-18-21(29)26(2)23(31)27(3)22(18)30)16-6-4-5-7-20(16)28(13)12-14-8-9-15(24)10-19(14)25/h4-11H,12H2,1-3H3. The second-order valence-electron chi connectivity index (χ2n) is 7.41. The molecule has 0 N–H and O–H groups in total. The predicted octanol–water partition coefficient (Wildman–Crippen LogP) is 4.74. The lowest BCUT2D eigenvalue weighted by atomic mass is 10.0. The first-order chi connectivity index (χ1) is 14.7. The van der Waals surface area contributed by atoms with Crippen molar-refractivity contribution >= 4 is 58.0 Å². The van der Waals surface area contributed by atoms with Gasteiger partial charge in [-0.05, 0) is 36.8 Å². The highest BCUT2D eigenvalue weighted by atomic mass is 35.5. The van der Waals surface area contributed by atoms with E-state index < -0.39 is 17.8 Å². The molecule has 1 fully saturated rings. The van der Waals surface area contributed by atoms with Crippen molar-refractivity contribution in [2.24, 2.45) is 0 Å². The van der Waals surface area contributed by atoms with E-state index in [1.165, 1.54) is 14.1 Å². The zero-order valence-electron chi connectivity index (χ0n) is 17.1. The maximum Gasteiger partial charge on any atom is 0.333 e. The molecule has 0 radical (unpaired) electrons. The second-order valence-corrected chi connectivity index (χ2v) is 8.25. The fourth-order valence-corrected chi connectivity index (χ4v) is 4.25. The summed E-state index contributed by atoms with van der Waals surface area (Å²) in [6.45, 7) is 2.41. The van der Waals surface area contributed by atoms with Gasteiger partial charge in [-0.3, -0.25) is 19.4 Å². The van der Waals surface area contributed by atoms with E-state index in [1.807, 2.05) is 37.3 Å². The number of imide groups is 2. The normalized spacial score (nSPS) is 14.7. The summed E-state index contributed by atoms with van der Waals surface area (Å²) in [5.41, 5.74) is 3.38. The van der Waals surface area contributed by atoms with Crippen LogP contribution in [0.5, 0.6) is 0 Å². The van der Waals surface area contributed by atoms with Gasteiger partial charge in [0.25, 0.3) is 11.8 Å². The fourth-order valence-electron chi connectivity index (χ4n) is 3.78. The number of amides is 4. The number of barbiturate groups is 1. The number of carbonyl (C=O) groups is 3. The number of aromatic nitrogens is 1. The van der Waals surface area contributed by atoms with Gasteiger partial charge in [-0.1, -0.05) is 47.5 Å². The van der Waals surface area contributed by atoms with E-state index in [0.29, 0.717) is 16.6 Å². The number of benzene rings is 2. The predicted molar refractivity (Wildman–Crippen MR) is 121 cm³/mol. The number of nitrogens with zero attached hydrogens (tertiary/aromatic N) is 3. The van der Waals surface area contributed by atoms with Gasteiger partial charge in [-0.25, -0.2) is 4.79 Å². The van der Waals surface area contributed by atoms with Crippen molar-refractivity contribution in [1.29, 1.82) is 0 Å². The molecule has 1 aromatic heterocycles. The van der Waals surface area contributed by atoms with E-state index in [-0.39, 0.29) is 5.57 Å². The zero-order chi connectivity index (χ0) is 22.4. The maximum atomic E-state index is 12.7. The number of hydrogen-bond donors (Lipinski definition) is 0. The molecule has 0 atom stereocenters. The van der Waals surface area contributed by atoms with Crippen LogP contribution in [0.25, 0.3) is 17.0 Å². The SMILES string of the molecule is Cc1c(C=C2C(=O)N(C)C(=O)N(C)C2=O)c2ccccc2n1Cc1ccc(Cl)cc1Cl. The van der Waals surface area contributed by atoms with Crippen LogP contribution in [0.3, 0.4) is 0 Å². The number of carbonyl (C=O) groups excluding carboxylic acids is 3. The van der Waals surface area contributed by atoms with E-state index in [1.54, 1.807) is 18.2 Å². The fraction of sp³-hybridized carbons (Fsp3) is 0.174. The molecule has 6 nitrogen and oxygen atoms in total. The Kier molecular flexibility index (Phi) is 5.37. The Balaban J connectivity index is 1.87. The third-order valence-corrected chi connectivity index (χ3v) is 6.14. The Hall–Kier alpha value is -3.09. The van der Waals surface area contributed by atoms with E-state index >= 15 is 0 Å². The number of urea groups is 1. The summed E-state index contributed by atoms with van der Waals surface area (Å²) < 4.78 is 2.08. The van der Waals surface area contributed by atoms with Crippen LogP contribution in [0.4, 0.5) is 4.79 Å². The Morgan fingerprint density at radius 2 is 1.58 bits per heavy atom. The van der Waals surface area contributed by atoms with Gasteiger partial charge in [0.05, 0.1) is 0 Å². The van der Waals surface area contributed by atoms with Crippen molar-refractivity contribution in [1.82, 2.24) is 14.4 Å². The van der Waals surface area contributed by atoms with Crippen molar-refractivity contribution in [3.63, 3.8) is 0 Å². The average Bonchev–Trinajstić information content (AvgIpc) is 3.01. The number of rotatable bonds is 3. The van der Waals surface area contributed by atoms with Gasteiger partial charge in [-0.15, -0.1) is 0 Å². The third kappa shape index (κ3) is 3.52. The van der Waals surface area contributed by atoms with Gasteiger partial charge < -0.3 is 4.57 Å². The number of para-hydroxylation sites is 1. The molecule has 0 unspecified atom stereocenters. The lowest BCUT2D eigenvalue weighted by Crippen LogP contribution is -2.52. The highest BCUT2D eigenvalue weighted by molar-refractivity contribution is 6.35. The van der Waals surface area contributed by atoms with Crippen molar-refractivity contribution < 1.29 is 14.4 Å². The minimum atomic E-state index is -0.649. The molecule has 3 aromatic rings. The van der Waals surface area contributed by atoms with Crippen molar-refractivity contribution in [3.05, 3.63) is 74.9 Å². The molecule has 0 saturated carbocycles. The van der Waals surface area contributed by atoms with Gasteiger partial charge in [0.2, 0.25) is 0 Å². The summed E-state index contributed by atoms with van der Waals surface area (Å²) >= 11 is 12.4. The lowest BCUT2D eigenvalue weighted by Gasteiger charge is -2.28. The van der Waals surface area contributed by atoms with E-state index in [0.717, 1.165) is 37.5 Å². The molecular formula is C23H19Cl2N3O3. The van der Waals surface area contributed by atoms with Gasteiger partial charge in [0, 0.05) is 52.8 Å². The molecule has 4 rings (SSSR count). The topological polar surface area (TPSA) is 62.6 Å². The van der Waals surface area contributed by atoms with Crippen molar-refractivity contribution in [3.8, 4) is 0 Å². The molecule has 2 aromatic carbocycles. The molecule has 8 heteroatoms. The van der Waals surface area contributed by atoms with Crippen LogP contribution >= 0.6 is 23.2 Å². The molecule has 1 saturated heterocycles. The smallest absolute Gasteiger partial charge is 0.333 e. The summed E-state index contributed by atoms with van der Waals surface area (Å²) in [6.07, 6.45) is 1.57. The molecule has 4 amide bonds. The third-order valence-electron chi connectivity index (χ3n) is 5.56. The Bertz CT molecular complexity index is 1270. The largest absolute Gasteiger partial charge is 0.340 e. The van der Waals surface area contributed by atoms with Gasteiger partial charge >= 0.3 is 6.03 Å². The quantitative estimate of drug-likeness (QED) is 0.423. The van der Waals surface area contributed by atoms with Crippen LogP contribution < -0.4 is 0 Å². The number of hydrogen-bond acceptors (Lipinski definition) is 3. The van der Waals surface area contributed by atoms with Crippen LogP contribution in [0.2, 0.25) is 10.0 Å². The monoisotopic (exact) mass is 455 g/mol. The Morgan fingerprint density at radius 1 is 0.935 bits per heavy atom. The highest BCUT2D eigenvalue weighted by Crippen LogP contribution is 2.31. The van der Waals surface area contributed by atoms with E-state index in [4.69, 9.17) is 23.2 Å². The molecule has 0 aliphatic carbocycles. The van der Waals surface area contributed by atoms with Crippen molar-refractivity contribution in [2.75, 3.05) is 14.1 Å². The molecule has 1 aliphatic rings. The number of fused-ring (bicyclic) bond motifs is 1. The average molecular weight is 456 g/mol. The molecular weight excluding hydrogens is 437 g/mol. The first-order valence-corrected chi connectivity index (χ1v) is 10.3. The first kappa shape index (κ1) is 21.2. The molecule has 0 bridgehead atoms. The van der Waals surface area contributed by atoms with Crippen molar-refractivity contribution in [2.45, 2.75) is 13.5 Å². The summed E-state index contributed by atoms with van der Waals surface area (Å²) in [5.74, 6) is -1.24. The minimum absolute atomic E-state index is 0.0554.